The Morgan fingerprint density at radius 2 is 1.17 bits per heavy atom. The van der Waals surface area contributed by atoms with Crippen molar-refractivity contribution < 1.29 is 22.1 Å². The maximum Gasteiger partial charge on any atom is 0.253 e. The van der Waals surface area contributed by atoms with E-state index in [1.54, 1.807) is 0 Å². The van der Waals surface area contributed by atoms with Gasteiger partial charge in [-0.1, -0.05) is 90.4 Å². The molecule has 0 aliphatic carbocycles. The van der Waals surface area contributed by atoms with E-state index in [2.05, 4.69) is 35.4 Å². The number of imidazole rings is 1. The SMILES string of the molecule is CCCCCCCCCCCCCCCC[n+]1ccn(CCCCCCO)c1C.[Cl-]. The number of aliphatic hydroxyl groups excluding tert-OH is 1. The molecular weight excluding hydrogens is 392 g/mol. The summed E-state index contributed by atoms with van der Waals surface area (Å²) in [6, 6.07) is 0. The van der Waals surface area contributed by atoms with Gasteiger partial charge in [-0.2, -0.15) is 0 Å². The van der Waals surface area contributed by atoms with Crippen LogP contribution in [-0.4, -0.2) is 16.3 Å². The van der Waals surface area contributed by atoms with Gasteiger partial charge in [0.05, 0.1) is 13.1 Å². The highest BCUT2D eigenvalue weighted by Gasteiger charge is 2.11. The van der Waals surface area contributed by atoms with Gasteiger partial charge in [-0.05, 0) is 32.1 Å². The predicted molar refractivity (Wildman–Crippen MR) is 125 cm³/mol. The third kappa shape index (κ3) is 15.3. The molecule has 30 heavy (non-hydrogen) atoms. The van der Waals surface area contributed by atoms with Crippen LogP contribution in [0.4, 0.5) is 0 Å². The number of hydrogen-bond acceptors (Lipinski definition) is 1. The number of halogens is 1. The molecule has 0 spiro atoms. The second-order valence-electron chi connectivity index (χ2n) is 8.97. The predicted octanol–water partition coefficient (Wildman–Crippen LogP) is 4.12. The third-order valence-electron chi connectivity index (χ3n) is 6.32. The molecule has 0 aliphatic heterocycles. The molecule has 1 aromatic rings. The molecule has 0 unspecified atom stereocenters. The van der Waals surface area contributed by atoms with Crippen molar-refractivity contribution in [3.8, 4) is 0 Å². The molecule has 4 heteroatoms. The van der Waals surface area contributed by atoms with Crippen LogP contribution in [0.2, 0.25) is 0 Å². The van der Waals surface area contributed by atoms with Gasteiger partial charge in [0.15, 0.2) is 0 Å². The maximum absolute atomic E-state index is 8.85. The standard InChI is InChI=1S/C26H51N2O.ClH/c1-3-4-5-6-7-8-9-10-11-12-13-14-15-18-21-27-23-24-28(26(27)2)22-19-16-17-20-25-29;/h23-24,29H,3-22,25H2,1-2H3;1H/q+1;/p-1. The molecule has 0 amide bonds. The monoisotopic (exact) mass is 442 g/mol. The smallest absolute Gasteiger partial charge is 0.253 e. The molecule has 1 heterocycles. The molecule has 0 saturated heterocycles. The van der Waals surface area contributed by atoms with Gasteiger partial charge < -0.3 is 17.5 Å². The van der Waals surface area contributed by atoms with Gasteiger partial charge in [0.25, 0.3) is 5.82 Å². The van der Waals surface area contributed by atoms with Crippen LogP contribution in [0.25, 0.3) is 0 Å². The molecule has 1 aromatic heterocycles. The summed E-state index contributed by atoms with van der Waals surface area (Å²) >= 11 is 0. The van der Waals surface area contributed by atoms with E-state index in [-0.39, 0.29) is 12.4 Å². The van der Waals surface area contributed by atoms with Gasteiger partial charge in [0, 0.05) is 13.5 Å². The second-order valence-corrected chi connectivity index (χ2v) is 8.97. The lowest BCUT2D eigenvalue weighted by molar-refractivity contribution is -0.702. The molecular formula is C26H51ClN2O. The molecule has 0 aromatic carbocycles. The van der Waals surface area contributed by atoms with E-state index in [1.807, 2.05) is 0 Å². The normalized spacial score (nSPS) is 11.0. The maximum atomic E-state index is 8.85. The van der Waals surface area contributed by atoms with Crippen molar-refractivity contribution in [2.75, 3.05) is 6.61 Å². The Balaban J connectivity index is 0.00000841. The molecule has 0 radical (unpaired) electrons. The quantitative estimate of drug-likeness (QED) is 0.225. The van der Waals surface area contributed by atoms with Crippen molar-refractivity contribution in [1.82, 2.24) is 4.57 Å². The lowest BCUT2D eigenvalue weighted by atomic mass is 10.0. The highest BCUT2D eigenvalue weighted by atomic mass is 35.5. The Bertz CT molecular complexity index is 476. The number of unbranched alkanes of at least 4 members (excludes halogenated alkanes) is 16. The van der Waals surface area contributed by atoms with Crippen LogP contribution in [0.15, 0.2) is 12.4 Å². The van der Waals surface area contributed by atoms with Crippen LogP contribution in [0, 0.1) is 6.92 Å². The van der Waals surface area contributed by atoms with Crippen LogP contribution >= 0.6 is 0 Å². The summed E-state index contributed by atoms with van der Waals surface area (Å²) in [5.74, 6) is 1.39. The summed E-state index contributed by atoms with van der Waals surface area (Å²) in [4.78, 5) is 0. The number of rotatable bonds is 21. The molecule has 0 bridgehead atoms. The van der Waals surface area contributed by atoms with Crippen LogP contribution < -0.4 is 17.0 Å². The second kappa shape index (κ2) is 21.7. The number of aryl methyl sites for hydroxylation is 2. The third-order valence-corrected chi connectivity index (χ3v) is 6.32. The van der Waals surface area contributed by atoms with Crippen molar-refractivity contribution in [1.29, 1.82) is 0 Å². The molecule has 3 nitrogen and oxygen atoms in total. The first-order valence-electron chi connectivity index (χ1n) is 13.0. The van der Waals surface area contributed by atoms with Crippen LogP contribution in [0.1, 0.15) is 128 Å². The number of hydrogen-bond donors (Lipinski definition) is 1. The van der Waals surface area contributed by atoms with Crippen molar-refractivity contribution >= 4 is 0 Å². The molecule has 0 fully saturated rings. The first-order chi connectivity index (χ1) is 14.3. The van der Waals surface area contributed by atoms with Crippen LogP contribution in [0.3, 0.4) is 0 Å². The fraction of sp³-hybridized carbons (Fsp3) is 0.885. The Hall–Kier alpha value is -0.540. The fourth-order valence-electron chi connectivity index (χ4n) is 4.24. The minimum Gasteiger partial charge on any atom is -1.00 e. The first kappa shape index (κ1) is 29.5. The van der Waals surface area contributed by atoms with Gasteiger partial charge in [0.2, 0.25) is 0 Å². The van der Waals surface area contributed by atoms with E-state index in [0.717, 1.165) is 19.4 Å². The summed E-state index contributed by atoms with van der Waals surface area (Å²) in [7, 11) is 0. The van der Waals surface area contributed by atoms with E-state index in [1.165, 1.54) is 115 Å². The van der Waals surface area contributed by atoms with Crippen molar-refractivity contribution in [3.63, 3.8) is 0 Å². The van der Waals surface area contributed by atoms with Gasteiger partial charge in [-0.15, -0.1) is 0 Å². The van der Waals surface area contributed by atoms with Gasteiger partial charge >= 0.3 is 0 Å². The summed E-state index contributed by atoms with van der Waals surface area (Å²) in [5.41, 5.74) is 0. The molecule has 0 atom stereocenters. The highest BCUT2D eigenvalue weighted by Crippen LogP contribution is 2.13. The Morgan fingerprint density at radius 1 is 0.700 bits per heavy atom. The van der Waals surface area contributed by atoms with Gasteiger partial charge in [0.1, 0.15) is 12.4 Å². The van der Waals surface area contributed by atoms with Crippen molar-refractivity contribution in [2.24, 2.45) is 0 Å². The van der Waals surface area contributed by atoms with E-state index in [4.69, 9.17) is 5.11 Å². The Morgan fingerprint density at radius 3 is 1.70 bits per heavy atom. The average Bonchev–Trinajstić information content (AvgIpc) is 3.07. The van der Waals surface area contributed by atoms with Crippen molar-refractivity contribution in [3.05, 3.63) is 18.2 Å². The Labute approximate surface area is 194 Å². The summed E-state index contributed by atoms with van der Waals surface area (Å²) in [5, 5.41) is 8.85. The zero-order valence-electron chi connectivity index (χ0n) is 20.2. The largest absolute Gasteiger partial charge is 1.00 e. The zero-order valence-corrected chi connectivity index (χ0v) is 21.0. The number of nitrogens with zero attached hydrogens (tertiary/aromatic N) is 2. The number of aliphatic hydroxyl groups is 1. The fourth-order valence-corrected chi connectivity index (χ4v) is 4.24. The average molecular weight is 443 g/mol. The highest BCUT2D eigenvalue weighted by molar-refractivity contribution is 4.79. The lowest BCUT2D eigenvalue weighted by Gasteiger charge is -2.04. The Kier molecular flexibility index (Phi) is 21.3. The minimum absolute atomic E-state index is 0. The van der Waals surface area contributed by atoms with E-state index in [0.29, 0.717) is 6.61 Å². The van der Waals surface area contributed by atoms with Crippen LogP contribution in [0.5, 0.6) is 0 Å². The first-order valence-corrected chi connectivity index (χ1v) is 13.0. The molecule has 1 N–H and O–H groups in total. The molecule has 178 valence electrons. The van der Waals surface area contributed by atoms with Crippen LogP contribution in [-0.2, 0) is 13.1 Å². The zero-order chi connectivity index (χ0) is 21.0. The summed E-state index contributed by atoms with van der Waals surface area (Å²) in [6.45, 7) is 7.16. The molecule has 0 aliphatic rings. The van der Waals surface area contributed by atoms with E-state index in [9.17, 15) is 0 Å². The van der Waals surface area contributed by atoms with Gasteiger partial charge in [-0.25, -0.2) is 9.13 Å². The van der Waals surface area contributed by atoms with E-state index >= 15 is 0 Å². The molecule has 1 rings (SSSR count). The van der Waals surface area contributed by atoms with Crippen molar-refractivity contribution in [2.45, 2.75) is 143 Å². The summed E-state index contributed by atoms with van der Waals surface area (Å²) in [6.07, 6.45) is 29.0. The van der Waals surface area contributed by atoms with E-state index < -0.39 is 0 Å². The summed E-state index contributed by atoms with van der Waals surface area (Å²) < 4.78 is 4.82. The van der Waals surface area contributed by atoms with Gasteiger partial charge in [-0.3, -0.25) is 0 Å². The minimum atomic E-state index is 0. The lowest BCUT2D eigenvalue weighted by Crippen LogP contribution is -3.00. The molecule has 0 saturated carbocycles. The topological polar surface area (TPSA) is 29.0 Å². The number of aromatic nitrogens is 2.